The highest BCUT2D eigenvalue weighted by atomic mass is 16.4. The number of unbranched alkanes of at least 4 members (excludes halogenated alkanes) is 1. The number of carboxylic acid groups (broad SMARTS) is 3. The Hall–Kier alpha value is -4.85. The molecule has 0 bridgehead atoms. The zero-order chi connectivity index (χ0) is 39.4. The molecule has 20 heteroatoms. The first-order valence-electron chi connectivity index (χ1n) is 16.7. The van der Waals surface area contributed by atoms with E-state index >= 15 is 0 Å². The van der Waals surface area contributed by atoms with E-state index in [4.69, 9.17) is 27.4 Å². The lowest BCUT2D eigenvalue weighted by Crippen LogP contribution is -2.61. The van der Waals surface area contributed by atoms with Crippen LogP contribution in [0.1, 0.15) is 85.5 Å². The molecule has 0 aliphatic rings. The van der Waals surface area contributed by atoms with Gasteiger partial charge in [-0.1, -0.05) is 34.1 Å². The summed E-state index contributed by atoms with van der Waals surface area (Å²) in [6, 6.07) is -8.31. The van der Waals surface area contributed by atoms with E-state index in [0.29, 0.717) is 19.3 Å². The smallest absolute Gasteiger partial charge is 0.326 e. The molecule has 0 saturated carbocycles. The predicted molar refractivity (Wildman–Crippen MR) is 180 cm³/mol. The van der Waals surface area contributed by atoms with Crippen LogP contribution in [0, 0.1) is 11.8 Å². The number of aliphatic carboxylic acids is 3. The summed E-state index contributed by atoms with van der Waals surface area (Å²) in [6.45, 7) is 6.82. The largest absolute Gasteiger partial charge is 0.481 e. The molecular weight excluding hydrogens is 676 g/mol. The van der Waals surface area contributed by atoms with Crippen LogP contribution in [-0.4, -0.2) is 111 Å². The highest BCUT2D eigenvalue weighted by Crippen LogP contribution is 2.13. The van der Waals surface area contributed by atoms with Crippen molar-refractivity contribution in [3.05, 3.63) is 0 Å². The Morgan fingerprint density at radius 1 is 0.608 bits per heavy atom. The summed E-state index contributed by atoms with van der Waals surface area (Å²) < 4.78 is 0. The second-order valence-corrected chi connectivity index (χ2v) is 12.6. The van der Waals surface area contributed by atoms with Crippen LogP contribution in [0.25, 0.3) is 0 Å². The molecule has 20 nitrogen and oxygen atoms in total. The van der Waals surface area contributed by atoms with Crippen molar-refractivity contribution in [3.8, 4) is 0 Å². The van der Waals surface area contributed by atoms with Gasteiger partial charge in [-0.25, -0.2) is 4.79 Å². The molecule has 0 saturated heterocycles. The molecule has 0 spiro atoms. The standard InChI is InChI=1S/C31H54N8O12/c1-5-16(4)25(30(49)36-18(8-6-7-13-32)27(46)37-20(31(50)51)14-21(34)40)39-29(48)24(15(2)3)38-28(47)19(10-12-23(43)44)35-26(45)17(33)9-11-22(41)42/h15-20,24-25H,5-14,32-33H2,1-4H3,(H2,34,40)(H,35,45)(H,36,49)(H,37,46)(H,38,47)(H,39,48)(H,41,42)(H,43,44)(H,50,51)/t16-,17-,18-,19-,20-,24-,25-/m0/s1. The van der Waals surface area contributed by atoms with Crippen LogP contribution in [0.2, 0.25) is 0 Å². The monoisotopic (exact) mass is 730 g/mol. The zero-order valence-electron chi connectivity index (χ0n) is 29.4. The zero-order valence-corrected chi connectivity index (χ0v) is 29.4. The molecule has 0 radical (unpaired) electrons. The number of rotatable bonds is 26. The fourth-order valence-corrected chi connectivity index (χ4v) is 4.66. The first-order chi connectivity index (χ1) is 23.7. The van der Waals surface area contributed by atoms with Gasteiger partial charge < -0.3 is 59.1 Å². The molecule has 290 valence electrons. The van der Waals surface area contributed by atoms with Gasteiger partial charge in [0.1, 0.15) is 30.2 Å². The molecule has 14 N–H and O–H groups in total. The lowest BCUT2D eigenvalue weighted by molar-refractivity contribution is -0.144. The van der Waals surface area contributed by atoms with Crippen LogP contribution in [0.4, 0.5) is 0 Å². The third kappa shape index (κ3) is 18.1. The summed E-state index contributed by atoms with van der Waals surface area (Å²) >= 11 is 0. The lowest BCUT2D eigenvalue weighted by atomic mass is 9.95. The van der Waals surface area contributed by atoms with Crippen LogP contribution in [0.15, 0.2) is 0 Å². The molecule has 0 aliphatic heterocycles. The fourth-order valence-electron chi connectivity index (χ4n) is 4.66. The Morgan fingerprint density at radius 2 is 1.08 bits per heavy atom. The molecule has 0 aliphatic carbocycles. The van der Waals surface area contributed by atoms with Gasteiger partial charge in [0.2, 0.25) is 35.4 Å². The Kier molecular flexibility index (Phi) is 21.3. The van der Waals surface area contributed by atoms with E-state index in [9.17, 15) is 48.3 Å². The number of nitrogens with two attached hydrogens (primary N) is 3. The number of primary amides is 1. The summed E-state index contributed by atoms with van der Waals surface area (Å²) in [5.41, 5.74) is 16.4. The second kappa shape index (κ2) is 23.5. The van der Waals surface area contributed by atoms with E-state index in [1.165, 1.54) is 0 Å². The number of carbonyl (C=O) groups excluding carboxylic acids is 6. The van der Waals surface area contributed by atoms with Crippen LogP contribution in [0.5, 0.6) is 0 Å². The van der Waals surface area contributed by atoms with Crippen molar-refractivity contribution in [1.29, 1.82) is 0 Å². The van der Waals surface area contributed by atoms with Gasteiger partial charge >= 0.3 is 17.9 Å². The molecule has 6 amide bonds. The first-order valence-corrected chi connectivity index (χ1v) is 16.7. The fraction of sp³-hybridized carbons (Fsp3) is 0.710. The van der Waals surface area contributed by atoms with Crippen LogP contribution >= 0.6 is 0 Å². The number of amides is 6. The van der Waals surface area contributed by atoms with E-state index < -0.39 is 127 Å². The second-order valence-electron chi connectivity index (χ2n) is 12.6. The molecule has 0 aromatic carbocycles. The van der Waals surface area contributed by atoms with Gasteiger partial charge in [0.15, 0.2) is 0 Å². The summed E-state index contributed by atoms with van der Waals surface area (Å²) in [5.74, 6) is -10.5. The van der Waals surface area contributed by atoms with E-state index in [1.54, 1.807) is 27.7 Å². The molecule has 0 heterocycles. The Labute approximate surface area is 295 Å². The minimum atomic E-state index is -1.66. The van der Waals surface area contributed by atoms with Gasteiger partial charge in [0.25, 0.3) is 0 Å². The highest BCUT2D eigenvalue weighted by Gasteiger charge is 2.35. The van der Waals surface area contributed by atoms with Crippen molar-refractivity contribution in [2.45, 2.75) is 122 Å². The SMILES string of the molecule is CC[C@H](C)[C@H](NC(=O)[C@@H](NC(=O)[C@H](CCC(=O)O)NC(=O)[C@@H](N)CCC(=O)O)C(C)C)C(=O)N[C@@H](CCCCN)C(=O)N[C@@H](CC(N)=O)C(=O)O. The first kappa shape index (κ1) is 46.1. The van der Waals surface area contributed by atoms with Crippen LogP contribution in [0.3, 0.4) is 0 Å². The van der Waals surface area contributed by atoms with Gasteiger partial charge in [-0.3, -0.25) is 38.4 Å². The minimum Gasteiger partial charge on any atom is -0.481 e. The van der Waals surface area contributed by atoms with Crippen molar-refractivity contribution in [2.24, 2.45) is 29.0 Å². The minimum absolute atomic E-state index is 0.0347. The number of carbonyl (C=O) groups is 9. The third-order valence-electron chi connectivity index (χ3n) is 7.93. The average Bonchev–Trinajstić information content (AvgIpc) is 3.04. The predicted octanol–water partition coefficient (Wildman–Crippen LogP) is -2.74. The molecule has 0 fully saturated rings. The number of nitrogens with one attached hydrogen (secondary N) is 5. The normalized spacial score (nSPS) is 15.1. The molecule has 0 aromatic rings. The average molecular weight is 731 g/mol. The van der Waals surface area contributed by atoms with Gasteiger partial charge in [-0.15, -0.1) is 0 Å². The van der Waals surface area contributed by atoms with E-state index in [1.807, 2.05) is 0 Å². The maximum Gasteiger partial charge on any atom is 0.326 e. The Balaban J connectivity index is 6.14. The Morgan fingerprint density at radius 3 is 1.57 bits per heavy atom. The van der Waals surface area contributed by atoms with Gasteiger partial charge in [0, 0.05) is 12.8 Å². The van der Waals surface area contributed by atoms with Gasteiger partial charge in [0.05, 0.1) is 12.5 Å². The number of hydrogen-bond donors (Lipinski definition) is 11. The van der Waals surface area contributed by atoms with Crippen LogP contribution in [-0.2, 0) is 43.2 Å². The van der Waals surface area contributed by atoms with Crippen molar-refractivity contribution >= 4 is 53.4 Å². The molecule has 51 heavy (non-hydrogen) atoms. The lowest BCUT2D eigenvalue weighted by Gasteiger charge is -2.30. The Bertz CT molecular complexity index is 1250. The van der Waals surface area contributed by atoms with E-state index in [-0.39, 0.29) is 19.4 Å². The number of hydrogen-bond acceptors (Lipinski definition) is 11. The van der Waals surface area contributed by atoms with Crippen molar-refractivity contribution in [3.63, 3.8) is 0 Å². The molecule has 7 atom stereocenters. The summed E-state index contributed by atoms with van der Waals surface area (Å²) in [5, 5.41) is 39.6. The van der Waals surface area contributed by atoms with E-state index in [0.717, 1.165) is 0 Å². The molecule has 0 unspecified atom stereocenters. The van der Waals surface area contributed by atoms with Crippen molar-refractivity contribution < 1.29 is 58.5 Å². The maximum atomic E-state index is 13.6. The highest BCUT2D eigenvalue weighted by molar-refractivity contribution is 5.97. The van der Waals surface area contributed by atoms with Crippen LogP contribution < -0.4 is 43.8 Å². The van der Waals surface area contributed by atoms with Gasteiger partial charge in [-0.05, 0) is 50.5 Å². The van der Waals surface area contributed by atoms with Gasteiger partial charge in [-0.2, -0.15) is 0 Å². The van der Waals surface area contributed by atoms with E-state index in [2.05, 4.69) is 26.6 Å². The van der Waals surface area contributed by atoms with Crippen molar-refractivity contribution in [1.82, 2.24) is 26.6 Å². The molecule has 0 aromatic heterocycles. The molecule has 0 rings (SSSR count). The third-order valence-corrected chi connectivity index (χ3v) is 7.93. The quantitative estimate of drug-likeness (QED) is 0.0402. The van der Waals surface area contributed by atoms with Crippen molar-refractivity contribution in [2.75, 3.05) is 6.54 Å². The topological polar surface area (TPSA) is 353 Å². The summed E-state index contributed by atoms with van der Waals surface area (Å²) in [6.07, 6.45) is -1.10. The number of carboxylic acids is 3. The summed E-state index contributed by atoms with van der Waals surface area (Å²) in [4.78, 5) is 111. The maximum absolute atomic E-state index is 13.6. The summed E-state index contributed by atoms with van der Waals surface area (Å²) in [7, 11) is 0. The molecular formula is C31H54N8O12.